The molecule has 1 aliphatic carbocycles. The summed E-state index contributed by atoms with van der Waals surface area (Å²) in [6, 6.07) is 29.8. The number of carbonyl (C=O) groups is 2. The Morgan fingerprint density at radius 3 is 2.21 bits per heavy atom. The average Bonchev–Trinajstić information content (AvgIpc) is 3.68. The van der Waals surface area contributed by atoms with Gasteiger partial charge in [0.1, 0.15) is 0 Å². The molecule has 2 amide bonds. The van der Waals surface area contributed by atoms with Gasteiger partial charge in [0.15, 0.2) is 5.69 Å². The monoisotopic (exact) mass is 564 g/mol. The number of amides is 2. The van der Waals surface area contributed by atoms with Crippen molar-refractivity contribution in [2.45, 2.75) is 50.5 Å². The minimum Gasteiger partial charge on any atom is -0.465 e. The second-order valence-corrected chi connectivity index (χ2v) is 11.1. The molecule has 3 atom stereocenters. The molecule has 0 radical (unpaired) electrons. The first-order valence-corrected chi connectivity index (χ1v) is 14.7. The number of carbonyl (C=O) groups excluding carboxylic acids is 1. The first-order valence-electron chi connectivity index (χ1n) is 14.7. The number of benzene rings is 3. The fourth-order valence-electron chi connectivity index (χ4n) is 6.34. The highest BCUT2D eigenvalue weighted by Crippen LogP contribution is 2.38. The van der Waals surface area contributed by atoms with Gasteiger partial charge in [0, 0.05) is 25.2 Å². The van der Waals surface area contributed by atoms with E-state index in [2.05, 4.69) is 16.7 Å². The molecule has 0 bridgehead atoms. The van der Waals surface area contributed by atoms with Gasteiger partial charge in [-0.25, -0.2) is 9.78 Å². The predicted octanol–water partition coefficient (Wildman–Crippen LogP) is 5.91. The Labute approximate surface area is 246 Å². The van der Waals surface area contributed by atoms with Crippen molar-refractivity contribution >= 4 is 12.0 Å². The van der Waals surface area contributed by atoms with Crippen molar-refractivity contribution in [3.63, 3.8) is 0 Å². The number of hydrogen-bond donors (Lipinski definition) is 1. The molecule has 1 N–H and O–H groups in total. The van der Waals surface area contributed by atoms with Crippen molar-refractivity contribution in [1.29, 1.82) is 0 Å². The highest BCUT2D eigenvalue weighted by Gasteiger charge is 2.37. The molecule has 3 aromatic carbocycles. The third-order valence-electron chi connectivity index (χ3n) is 8.45. The van der Waals surface area contributed by atoms with E-state index >= 15 is 0 Å². The van der Waals surface area contributed by atoms with Gasteiger partial charge < -0.3 is 24.2 Å². The normalized spacial score (nSPS) is 20.5. The van der Waals surface area contributed by atoms with Crippen LogP contribution in [0, 0.1) is 0 Å². The zero-order valence-corrected chi connectivity index (χ0v) is 23.6. The van der Waals surface area contributed by atoms with E-state index in [-0.39, 0.29) is 37.2 Å². The van der Waals surface area contributed by atoms with Crippen LogP contribution in [0.15, 0.2) is 97.3 Å². The summed E-state index contributed by atoms with van der Waals surface area (Å²) < 4.78 is 8.59. The molecule has 0 spiro atoms. The number of rotatable bonds is 8. The minimum absolute atomic E-state index is 0.00904. The molecule has 4 aromatic rings. The lowest BCUT2D eigenvalue weighted by Crippen LogP contribution is -2.57. The highest BCUT2D eigenvalue weighted by atomic mass is 16.5. The standard InChI is InChI=1S/C34H36N4O4/c39-33(37-20-19-36(34(40)41)22-28(37)21-25-11-4-1-5-12-25)31-32(27-15-8-3-9-16-27)38(24-35-31)29-17-10-18-30(29)42-23-26-13-6-2-7-14-26/h1-9,11-16,24,28-30H,10,17-23H2,(H,40,41)/t28-,29-,30-/m1/s1. The number of aromatic nitrogens is 2. The largest absolute Gasteiger partial charge is 0.465 e. The quantitative estimate of drug-likeness (QED) is 0.288. The van der Waals surface area contributed by atoms with Crippen molar-refractivity contribution in [2.75, 3.05) is 19.6 Å². The van der Waals surface area contributed by atoms with Gasteiger partial charge in [-0.2, -0.15) is 0 Å². The summed E-state index contributed by atoms with van der Waals surface area (Å²) in [6.07, 6.45) is 4.34. The maximum atomic E-state index is 14.3. The molecular weight excluding hydrogens is 528 g/mol. The summed E-state index contributed by atoms with van der Waals surface area (Å²) in [5, 5.41) is 9.72. The third-order valence-corrected chi connectivity index (χ3v) is 8.45. The number of piperazine rings is 1. The molecule has 2 aliphatic rings. The van der Waals surface area contributed by atoms with Crippen LogP contribution in [0.4, 0.5) is 4.79 Å². The van der Waals surface area contributed by atoms with Gasteiger partial charge in [-0.05, 0) is 36.8 Å². The lowest BCUT2D eigenvalue weighted by Gasteiger charge is -2.40. The molecule has 1 aromatic heterocycles. The molecular formula is C34H36N4O4. The molecule has 1 saturated carbocycles. The van der Waals surface area contributed by atoms with Crippen molar-refractivity contribution in [3.8, 4) is 11.3 Å². The highest BCUT2D eigenvalue weighted by molar-refractivity contribution is 5.98. The molecule has 1 aliphatic heterocycles. The van der Waals surface area contributed by atoms with Crippen LogP contribution in [0.25, 0.3) is 11.3 Å². The summed E-state index contributed by atoms with van der Waals surface area (Å²) in [7, 11) is 0. The number of carboxylic acid groups (broad SMARTS) is 1. The molecule has 216 valence electrons. The fraction of sp³-hybridized carbons (Fsp3) is 0.324. The van der Waals surface area contributed by atoms with E-state index in [9.17, 15) is 14.7 Å². The van der Waals surface area contributed by atoms with Gasteiger partial charge in [0.2, 0.25) is 0 Å². The predicted molar refractivity (Wildman–Crippen MR) is 160 cm³/mol. The molecule has 2 heterocycles. The third kappa shape index (κ3) is 5.94. The van der Waals surface area contributed by atoms with Crippen LogP contribution < -0.4 is 0 Å². The van der Waals surface area contributed by atoms with Crippen LogP contribution in [-0.2, 0) is 17.8 Å². The second kappa shape index (κ2) is 12.6. The SMILES string of the molecule is O=C(O)N1CCN(C(=O)c2ncn([C@@H]3CCC[C@H]3OCc3ccccc3)c2-c2ccccc2)[C@H](Cc2ccccc2)C1. The van der Waals surface area contributed by atoms with Crippen LogP contribution in [0.1, 0.15) is 46.9 Å². The Kier molecular flexibility index (Phi) is 8.33. The van der Waals surface area contributed by atoms with Gasteiger partial charge in [0.25, 0.3) is 5.91 Å². The molecule has 6 rings (SSSR count). The van der Waals surface area contributed by atoms with Crippen molar-refractivity contribution in [2.24, 2.45) is 0 Å². The van der Waals surface area contributed by atoms with E-state index in [0.717, 1.165) is 41.6 Å². The second-order valence-electron chi connectivity index (χ2n) is 11.1. The smallest absolute Gasteiger partial charge is 0.407 e. The summed E-state index contributed by atoms with van der Waals surface area (Å²) >= 11 is 0. The van der Waals surface area contributed by atoms with E-state index in [0.29, 0.717) is 25.3 Å². The van der Waals surface area contributed by atoms with Crippen LogP contribution in [0.3, 0.4) is 0 Å². The zero-order valence-electron chi connectivity index (χ0n) is 23.6. The van der Waals surface area contributed by atoms with Gasteiger partial charge in [-0.15, -0.1) is 0 Å². The first kappa shape index (κ1) is 27.7. The maximum Gasteiger partial charge on any atom is 0.407 e. The Morgan fingerprint density at radius 2 is 1.52 bits per heavy atom. The molecule has 2 fully saturated rings. The van der Waals surface area contributed by atoms with Crippen LogP contribution in [-0.4, -0.2) is 68.2 Å². The lowest BCUT2D eigenvalue weighted by atomic mass is 10.0. The van der Waals surface area contributed by atoms with Crippen molar-refractivity contribution in [1.82, 2.24) is 19.4 Å². The number of hydrogen-bond acceptors (Lipinski definition) is 4. The molecule has 8 nitrogen and oxygen atoms in total. The Balaban J connectivity index is 1.31. The topological polar surface area (TPSA) is 87.9 Å². The number of ether oxygens (including phenoxy) is 1. The van der Waals surface area contributed by atoms with E-state index in [1.54, 1.807) is 6.33 Å². The summed E-state index contributed by atoms with van der Waals surface area (Å²) in [5.74, 6) is -0.168. The van der Waals surface area contributed by atoms with Gasteiger partial charge in [-0.3, -0.25) is 4.79 Å². The van der Waals surface area contributed by atoms with Crippen molar-refractivity contribution in [3.05, 3.63) is 114 Å². The maximum absolute atomic E-state index is 14.3. The van der Waals surface area contributed by atoms with Gasteiger partial charge >= 0.3 is 6.09 Å². The number of imidazole rings is 1. The molecule has 0 unspecified atom stereocenters. The zero-order chi connectivity index (χ0) is 28.9. The van der Waals surface area contributed by atoms with E-state index in [4.69, 9.17) is 9.72 Å². The minimum atomic E-state index is -0.961. The molecule has 8 heteroatoms. The summed E-state index contributed by atoms with van der Waals surface area (Å²) in [5.41, 5.74) is 4.32. The van der Waals surface area contributed by atoms with Gasteiger partial charge in [-0.1, -0.05) is 91.0 Å². The summed E-state index contributed by atoms with van der Waals surface area (Å²) in [4.78, 5) is 34.2. The van der Waals surface area contributed by atoms with Gasteiger partial charge in [0.05, 0.1) is 36.8 Å². The fourth-order valence-corrected chi connectivity index (χ4v) is 6.34. The first-order chi connectivity index (χ1) is 20.6. The Morgan fingerprint density at radius 1 is 0.857 bits per heavy atom. The Hall–Kier alpha value is -4.43. The van der Waals surface area contributed by atoms with Crippen LogP contribution in [0.5, 0.6) is 0 Å². The van der Waals surface area contributed by atoms with E-state index < -0.39 is 6.09 Å². The average molecular weight is 565 g/mol. The van der Waals surface area contributed by atoms with E-state index in [1.807, 2.05) is 83.8 Å². The van der Waals surface area contributed by atoms with Crippen LogP contribution >= 0.6 is 0 Å². The Bertz CT molecular complexity index is 1490. The summed E-state index contributed by atoms with van der Waals surface area (Å²) in [6.45, 7) is 1.38. The lowest BCUT2D eigenvalue weighted by molar-refractivity contribution is 0.0198. The van der Waals surface area contributed by atoms with E-state index in [1.165, 1.54) is 4.90 Å². The van der Waals surface area contributed by atoms with Crippen LogP contribution in [0.2, 0.25) is 0 Å². The molecule has 1 saturated heterocycles. The van der Waals surface area contributed by atoms with Crippen molar-refractivity contribution < 1.29 is 19.4 Å². The number of nitrogens with zero attached hydrogens (tertiary/aromatic N) is 4. The molecule has 42 heavy (non-hydrogen) atoms.